The van der Waals surface area contributed by atoms with Crippen LogP contribution in [0.15, 0.2) is 249 Å². The third kappa shape index (κ3) is 6.76. The number of aromatic nitrogens is 5. The third-order valence-corrected chi connectivity index (χ3v) is 13.2. The van der Waals surface area contributed by atoms with E-state index in [1.807, 2.05) is 18.2 Å². The molecule has 0 fully saturated rings. The average molecular weight is 868 g/mol. The molecular weight excluding hydrogens is 827 g/mol. The van der Waals surface area contributed by atoms with Crippen LogP contribution in [0.5, 0.6) is 0 Å². The van der Waals surface area contributed by atoms with Crippen LogP contribution < -0.4 is 0 Å². The molecule has 5 heteroatoms. The van der Waals surface area contributed by atoms with Crippen LogP contribution in [0.3, 0.4) is 0 Å². The summed E-state index contributed by atoms with van der Waals surface area (Å²) in [6.07, 6.45) is 0. The first-order chi connectivity index (χ1) is 33.7. The van der Waals surface area contributed by atoms with Crippen molar-refractivity contribution in [1.82, 2.24) is 24.1 Å². The molecule has 68 heavy (non-hydrogen) atoms. The molecule has 13 aromatic rings. The van der Waals surface area contributed by atoms with Gasteiger partial charge in [-0.05, 0) is 94.5 Å². The molecule has 5 nitrogen and oxygen atoms in total. The molecule has 0 saturated carbocycles. The largest absolute Gasteiger partial charge is 0.309 e. The van der Waals surface area contributed by atoms with E-state index in [1.54, 1.807) is 0 Å². The van der Waals surface area contributed by atoms with Gasteiger partial charge in [-0.1, -0.05) is 182 Å². The van der Waals surface area contributed by atoms with Crippen LogP contribution in [-0.2, 0) is 0 Å². The van der Waals surface area contributed by atoms with Gasteiger partial charge in [0.1, 0.15) is 0 Å². The minimum absolute atomic E-state index is 0.599. The van der Waals surface area contributed by atoms with Gasteiger partial charge < -0.3 is 9.13 Å². The zero-order chi connectivity index (χ0) is 45.0. The molecule has 0 N–H and O–H groups in total. The van der Waals surface area contributed by atoms with Crippen LogP contribution in [0, 0.1) is 0 Å². The molecule has 13 rings (SSSR count). The third-order valence-electron chi connectivity index (χ3n) is 13.2. The Hall–Kier alpha value is -9.19. The second-order valence-corrected chi connectivity index (χ2v) is 17.2. The van der Waals surface area contributed by atoms with E-state index in [1.165, 1.54) is 43.8 Å². The van der Waals surface area contributed by atoms with Gasteiger partial charge in [0.25, 0.3) is 0 Å². The lowest BCUT2D eigenvalue weighted by atomic mass is 10.00. The zero-order valence-electron chi connectivity index (χ0n) is 36.9. The van der Waals surface area contributed by atoms with Crippen LogP contribution in [0.1, 0.15) is 0 Å². The van der Waals surface area contributed by atoms with Gasteiger partial charge in [-0.15, -0.1) is 0 Å². The highest BCUT2D eigenvalue weighted by Crippen LogP contribution is 2.40. The standard InChI is InChI=1S/C63H41N5/c1-5-18-42(19-6-1)46-32-35-59-54(39-46)55-40-47(43-20-7-2-8-21-43)33-36-60(55)67(59)50-27-17-26-48(38-50)62-64-61(45-24-11-4-12-25-45)65-63(66-62)49-34-37-58(53(41-49)44-22-9-3-10-23-44)68-56-30-15-13-28-51(56)52-29-14-16-31-57(52)68/h1-41H. The molecule has 3 aromatic heterocycles. The average Bonchev–Trinajstić information content (AvgIpc) is 3.94. The maximum Gasteiger partial charge on any atom is 0.164 e. The van der Waals surface area contributed by atoms with Gasteiger partial charge in [-0.3, -0.25) is 0 Å². The van der Waals surface area contributed by atoms with E-state index in [0.717, 1.165) is 61.3 Å². The van der Waals surface area contributed by atoms with E-state index < -0.39 is 0 Å². The number of hydrogen-bond donors (Lipinski definition) is 0. The lowest BCUT2D eigenvalue weighted by Crippen LogP contribution is -2.02. The van der Waals surface area contributed by atoms with Gasteiger partial charge in [0.2, 0.25) is 0 Å². The fourth-order valence-corrected chi connectivity index (χ4v) is 9.96. The Balaban J connectivity index is 0.988. The number of nitrogens with zero attached hydrogens (tertiary/aromatic N) is 5. The van der Waals surface area contributed by atoms with Crippen molar-refractivity contribution in [2.24, 2.45) is 0 Å². The van der Waals surface area contributed by atoms with Crippen LogP contribution in [0.4, 0.5) is 0 Å². The van der Waals surface area contributed by atoms with Crippen molar-refractivity contribution in [3.63, 3.8) is 0 Å². The molecule has 0 unspecified atom stereocenters. The molecule has 0 spiro atoms. The van der Waals surface area contributed by atoms with Gasteiger partial charge in [0.05, 0.1) is 27.8 Å². The fraction of sp³-hybridized carbons (Fsp3) is 0. The molecule has 0 saturated heterocycles. The number of fused-ring (bicyclic) bond motifs is 6. The monoisotopic (exact) mass is 867 g/mol. The molecule has 10 aromatic carbocycles. The minimum Gasteiger partial charge on any atom is -0.309 e. The lowest BCUT2D eigenvalue weighted by Gasteiger charge is -2.16. The summed E-state index contributed by atoms with van der Waals surface area (Å²) in [6, 6.07) is 88.2. The van der Waals surface area contributed by atoms with Gasteiger partial charge in [-0.2, -0.15) is 0 Å². The molecular formula is C63H41N5. The highest BCUT2D eigenvalue weighted by atomic mass is 15.0. The maximum atomic E-state index is 5.33. The molecule has 0 aliphatic rings. The molecule has 0 aliphatic carbocycles. The van der Waals surface area contributed by atoms with E-state index in [-0.39, 0.29) is 0 Å². The fourth-order valence-electron chi connectivity index (χ4n) is 9.96. The van der Waals surface area contributed by atoms with Gasteiger partial charge in [-0.25, -0.2) is 15.0 Å². The summed E-state index contributed by atoms with van der Waals surface area (Å²) in [6.45, 7) is 0. The van der Waals surface area contributed by atoms with Crippen LogP contribution in [-0.4, -0.2) is 24.1 Å². The molecule has 0 atom stereocenters. The van der Waals surface area contributed by atoms with E-state index in [2.05, 4.69) is 240 Å². The molecule has 3 heterocycles. The highest BCUT2D eigenvalue weighted by Gasteiger charge is 2.20. The molecule has 0 radical (unpaired) electrons. The second-order valence-electron chi connectivity index (χ2n) is 17.2. The van der Waals surface area contributed by atoms with Crippen molar-refractivity contribution in [3.05, 3.63) is 249 Å². The van der Waals surface area contributed by atoms with Gasteiger partial charge >= 0.3 is 0 Å². The SMILES string of the molecule is c1ccc(-c2ccc3c(c2)c2cc(-c4ccccc4)ccc2n3-c2cccc(-c3nc(-c4ccccc4)nc(-c4ccc(-n5c6ccccc6c6ccccc65)c(-c5ccccc5)c4)n3)c2)cc1. The van der Waals surface area contributed by atoms with E-state index in [9.17, 15) is 0 Å². The predicted octanol–water partition coefficient (Wildman–Crippen LogP) is 16.1. The number of para-hydroxylation sites is 2. The Kier molecular flexibility index (Phi) is 9.43. The molecule has 0 aliphatic heterocycles. The Morgan fingerprint density at radius 2 is 0.647 bits per heavy atom. The Morgan fingerprint density at radius 1 is 0.235 bits per heavy atom. The summed E-state index contributed by atoms with van der Waals surface area (Å²) in [5.74, 6) is 1.81. The van der Waals surface area contributed by atoms with Gasteiger partial charge in [0.15, 0.2) is 17.5 Å². The number of hydrogen-bond acceptors (Lipinski definition) is 3. The quantitative estimate of drug-likeness (QED) is 0.153. The summed E-state index contributed by atoms with van der Waals surface area (Å²) in [7, 11) is 0. The van der Waals surface area contributed by atoms with Gasteiger partial charge in [0, 0.05) is 49.5 Å². The zero-order valence-corrected chi connectivity index (χ0v) is 36.9. The van der Waals surface area contributed by atoms with E-state index in [4.69, 9.17) is 15.0 Å². The predicted molar refractivity (Wildman–Crippen MR) is 281 cm³/mol. The smallest absolute Gasteiger partial charge is 0.164 e. The van der Waals surface area contributed by atoms with Crippen LogP contribution >= 0.6 is 0 Å². The summed E-state index contributed by atoms with van der Waals surface area (Å²) in [5, 5.41) is 4.82. The van der Waals surface area contributed by atoms with E-state index >= 15 is 0 Å². The topological polar surface area (TPSA) is 48.5 Å². The van der Waals surface area contributed by atoms with E-state index in [0.29, 0.717) is 17.5 Å². The minimum atomic E-state index is 0.599. The summed E-state index contributed by atoms with van der Waals surface area (Å²) >= 11 is 0. The molecule has 318 valence electrons. The van der Waals surface area contributed by atoms with Crippen molar-refractivity contribution in [2.45, 2.75) is 0 Å². The Morgan fingerprint density at radius 3 is 1.19 bits per heavy atom. The first-order valence-corrected chi connectivity index (χ1v) is 23.0. The highest BCUT2D eigenvalue weighted by molar-refractivity contribution is 6.12. The first kappa shape index (κ1) is 39.2. The van der Waals surface area contributed by atoms with Crippen molar-refractivity contribution in [2.75, 3.05) is 0 Å². The summed E-state index contributed by atoms with van der Waals surface area (Å²) < 4.78 is 4.76. The Bertz CT molecular complexity index is 3860. The van der Waals surface area contributed by atoms with Crippen molar-refractivity contribution in [3.8, 4) is 78.9 Å². The molecule has 0 bridgehead atoms. The normalized spacial score (nSPS) is 11.5. The number of rotatable bonds is 8. The lowest BCUT2D eigenvalue weighted by molar-refractivity contribution is 1.07. The van der Waals surface area contributed by atoms with Crippen molar-refractivity contribution in [1.29, 1.82) is 0 Å². The second kappa shape index (κ2) is 16.4. The Labute approximate surface area is 393 Å². The first-order valence-electron chi connectivity index (χ1n) is 23.0. The number of benzene rings is 10. The van der Waals surface area contributed by atoms with Crippen LogP contribution in [0.25, 0.3) is 123 Å². The van der Waals surface area contributed by atoms with Crippen molar-refractivity contribution < 1.29 is 0 Å². The van der Waals surface area contributed by atoms with Crippen molar-refractivity contribution >= 4 is 43.6 Å². The molecule has 0 amide bonds. The van der Waals surface area contributed by atoms with Crippen LogP contribution in [0.2, 0.25) is 0 Å². The summed E-state index contributed by atoms with van der Waals surface area (Å²) in [5.41, 5.74) is 16.3. The maximum absolute atomic E-state index is 5.33. The summed E-state index contributed by atoms with van der Waals surface area (Å²) in [4.78, 5) is 15.7.